The van der Waals surface area contributed by atoms with Gasteiger partial charge in [0.05, 0.1) is 0 Å². The number of rotatable bonds is 6. The highest BCUT2D eigenvalue weighted by Gasteiger charge is 1.93. The molecule has 0 aliphatic carbocycles. The summed E-state index contributed by atoms with van der Waals surface area (Å²) in [5.41, 5.74) is 1.21. The van der Waals surface area contributed by atoms with Crippen molar-refractivity contribution in [3.63, 3.8) is 0 Å². The van der Waals surface area contributed by atoms with Gasteiger partial charge < -0.3 is 15.3 Å². The molecule has 2 N–H and O–H groups in total. The summed E-state index contributed by atoms with van der Waals surface area (Å²) in [6, 6.07) is 7.32. The van der Waals surface area contributed by atoms with Crippen LogP contribution in [0.25, 0.3) is 0 Å². The van der Waals surface area contributed by atoms with E-state index in [0.717, 1.165) is 26.1 Å². The zero-order valence-electron chi connectivity index (χ0n) is 9.53. The summed E-state index contributed by atoms with van der Waals surface area (Å²) in [7, 11) is 4.17. The van der Waals surface area contributed by atoms with E-state index in [9.17, 15) is 0 Å². The standard InChI is InChI=1S/C12H20N2O/c1-14(2)9-3-8-13-10-11-4-6-12(15)7-5-11/h4-7,13,15H,3,8-10H2,1-2H3. The molecule has 0 fully saturated rings. The van der Waals surface area contributed by atoms with Gasteiger partial charge in [-0.1, -0.05) is 12.1 Å². The van der Waals surface area contributed by atoms with Gasteiger partial charge in [-0.25, -0.2) is 0 Å². The molecular weight excluding hydrogens is 188 g/mol. The fourth-order valence-corrected chi connectivity index (χ4v) is 1.37. The highest BCUT2D eigenvalue weighted by Crippen LogP contribution is 2.08. The maximum absolute atomic E-state index is 9.10. The van der Waals surface area contributed by atoms with Crippen LogP contribution in [0.2, 0.25) is 0 Å². The first-order valence-corrected chi connectivity index (χ1v) is 5.32. The first kappa shape index (κ1) is 12.0. The number of phenolic OH excluding ortho intramolecular Hbond substituents is 1. The SMILES string of the molecule is CN(C)CCCNCc1ccc(O)cc1. The lowest BCUT2D eigenvalue weighted by atomic mass is 10.2. The van der Waals surface area contributed by atoms with Crippen LogP contribution in [0.1, 0.15) is 12.0 Å². The molecule has 1 rings (SSSR count). The fourth-order valence-electron chi connectivity index (χ4n) is 1.37. The zero-order chi connectivity index (χ0) is 11.1. The molecule has 0 saturated heterocycles. The van der Waals surface area contributed by atoms with Crippen LogP contribution in [0, 0.1) is 0 Å². The van der Waals surface area contributed by atoms with Crippen molar-refractivity contribution in [1.82, 2.24) is 10.2 Å². The molecule has 0 radical (unpaired) electrons. The molecule has 0 amide bonds. The Morgan fingerprint density at radius 2 is 1.87 bits per heavy atom. The summed E-state index contributed by atoms with van der Waals surface area (Å²) >= 11 is 0. The molecule has 0 heterocycles. The number of phenols is 1. The highest BCUT2D eigenvalue weighted by molar-refractivity contribution is 5.25. The van der Waals surface area contributed by atoms with E-state index < -0.39 is 0 Å². The maximum atomic E-state index is 9.10. The van der Waals surface area contributed by atoms with Gasteiger partial charge in [0.25, 0.3) is 0 Å². The third-order valence-corrected chi connectivity index (χ3v) is 2.22. The van der Waals surface area contributed by atoms with Crippen molar-refractivity contribution in [2.45, 2.75) is 13.0 Å². The third-order valence-electron chi connectivity index (χ3n) is 2.22. The van der Waals surface area contributed by atoms with Gasteiger partial charge >= 0.3 is 0 Å². The topological polar surface area (TPSA) is 35.5 Å². The third kappa shape index (κ3) is 5.40. The summed E-state index contributed by atoms with van der Waals surface area (Å²) in [6.07, 6.45) is 1.16. The minimum absolute atomic E-state index is 0.325. The predicted molar refractivity (Wildman–Crippen MR) is 63.0 cm³/mol. The minimum Gasteiger partial charge on any atom is -0.508 e. The molecular formula is C12H20N2O. The van der Waals surface area contributed by atoms with E-state index in [1.54, 1.807) is 12.1 Å². The Kier molecular flexibility index (Phi) is 5.15. The molecule has 3 nitrogen and oxygen atoms in total. The lowest BCUT2D eigenvalue weighted by Crippen LogP contribution is -2.20. The lowest BCUT2D eigenvalue weighted by molar-refractivity contribution is 0.394. The quantitative estimate of drug-likeness (QED) is 0.694. The molecule has 84 valence electrons. The molecule has 0 bridgehead atoms. The summed E-state index contributed by atoms with van der Waals surface area (Å²) in [6.45, 7) is 3.01. The van der Waals surface area contributed by atoms with Crippen LogP contribution in [-0.4, -0.2) is 37.2 Å². The molecule has 0 aromatic heterocycles. The summed E-state index contributed by atoms with van der Waals surface area (Å²) in [4.78, 5) is 2.18. The summed E-state index contributed by atoms with van der Waals surface area (Å²) in [5.74, 6) is 0.325. The van der Waals surface area contributed by atoms with E-state index in [0.29, 0.717) is 5.75 Å². The van der Waals surface area contributed by atoms with Crippen LogP contribution in [-0.2, 0) is 6.54 Å². The van der Waals surface area contributed by atoms with Gasteiger partial charge in [-0.2, -0.15) is 0 Å². The molecule has 0 aliphatic heterocycles. The van der Waals surface area contributed by atoms with Gasteiger partial charge in [0.2, 0.25) is 0 Å². The highest BCUT2D eigenvalue weighted by atomic mass is 16.3. The Bertz CT molecular complexity index is 269. The van der Waals surface area contributed by atoms with E-state index in [2.05, 4.69) is 24.3 Å². The average molecular weight is 208 g/mol. The van der Waals surface area contributed by atoms with Crippen LogP contribution >= 0.6 is 0 Å². The number of hydrogen-bond acceptors (Lipinski definition) is 3. The number of benzene rings is 1. The second-order valence-corrected chi connectivity index (χ2v) is 4.00. The molecule has 1 aromatic carbocycles. The van der Waals surface area contributed by atoms with Gasteiger partial charge in [-0.05, 0) is 51.3 Å². The van der Waals surface area contributed by atoms with Crippen molar-refractivity contribution >= 4 is 0 Å². The van der Waals surface area contributed by atoms with Crippen molar-refractivity contribution in [1.29, 1.82) is 0 Å². The Hall–Kier alpha value is -1.06. The van der Waals surface area contributed by atoms with Gasteiger partial charge in [0.1, 0.15) is 5.75 Å². The molecule has 0 aliphatic rings. The molecule has 0 saturated carbocycles. The minimum atomic E-state index is 0.325. The molecule has 0 spiro atoms. The monoisotopic (exact) mass is 208 g/mol. The Balaban J connectivity index is 2.12. The van der Waals surface area contributed by atoms with Crippen molar-refractivity contribution in [3.05, 3.63) is 29.8 Å². The van der Waals surface area contributed by atoms with Crippen LogP contribution in [0.3, 0.4) is 0 Å². The van der Waals surface area contributed by atoms with Gasteiger partial charge in [0, 0.05) is 6.54 Å². The van der Waals surface area contributed by atoms with E-state index in [4.69, 9.17) is 5.11 Å². The van der Waals surface area contributed by atoms with Gasteiger partial charge in [-0.3, -0.25) is 0 Å². The van der Waals surface area contributed by atoms with E-state index in [1.807, 2.05) is 12.1 Å². The average Bonchev–Trinajstić information content (AvgIpc) is 2.20. The normalized spacial score (nSPS) is 10.9. The molecule has 0 unspecified atom stereocenters. The molecule has 3 heteroatoms. The molecule has 0 atom stereocenters. The van der Waals surface area contributed by atoms with E-state index in [1.165, 1.54) is 5.56 Å². The first-order valence-electron chi connectivity index (χ1n) is 5.32. The van der Waals surface area contributed by atoms with Crippen molar-refractivity contribution in [2.75, 3.05) is 27.2 Å². The number of aromatic hydroxyl groups is 1. The van der Waals surface area contributed by atoms with Gasteiger partial charge in [0.15, 0.2) is 0 Å². The molecule has 1 aromatic rings. The van der Waals surface area contributed by atoms with Crippen LogP contribution in [0.15, 0.2) is 24.3 Å². The number of hydrogen-bond donors (Lipinski definition) is 2. The Labute approximate surface area is 91.7 Å². The number of nitrogens with zero attached hydrogens (tertiary/aromatic N) is 1. The Morgan fingerprint density at radius 1 is 1.20 bits per heavy atom. The summed E-state index contributed by atoms with van der Waals surface area (Å²) in [5, 5.41) is 12.5. The second-order valence-electron chi connectivity index (χ2n) is 4.00. The fraction of sp³-hybridized carbons (Fsp3) is 0.500. The van der Waals surface area contributed by atoms with E-state index >= 15 is 0 Å². The zero-order valence-corrected chi connectivity index (χ0v) is 9.53. The lowest BCUT2D eigenvalue weighted by Gasteiger charge is -2.09. The largest absolute Gasteiger partial charge is 0.508 e. The smallest absolute Gasteiger partial charge is 0.115 e. The Morgan fingerprint density at radius 3 is 2.47 bits per heavy atom. The second kappa shape index (κ2) is 6.43. The van der Waals surface area contributed by atoms with Crippen molar-refractivity contribution in [3.8, 4) is 5.75 Å². The van der Waals surface area contributed by atoms with Gasteiger partial charge in [-0.15, -0.1) is 0 Å². The van der Waals surface area contributed by atoms with E-state index in [-0.39, 0.29) is 0 Å². The van der Waals surface area contributed by atoms with Crippen LogP contribution < -0.4 is 5.32 Å². The van der Waals surface area contributed by atoms with Crippen molar-refractivity contribution in [2.24, 2.45) is 0 Å². The van der Waals surface area contributed by atoms with Crippen LogP contribution in [0.5, 0.6) is 5.75 Å². The van der Waals surface area contributed by atoms with Crippen molar-refractivity contribution < 1.29 is 5.11 Å². The maximum Gasteiger partial charge on any atom is 0.115 e. The number of nitrogens with one attached hydrogen (secondary N) is 1. The summed E-state index contributed by atoms with van der Waals surface area (Å²) < 4.78 is 0. The predicted octanol–water partition coefficient (Wildman–Crippen LogP) is 1.43. The molecule has 15 heavy (non-hydrogen) atoms. The first-order chi connectivity index (χ1) is 7.18. The van der Waals surface area contributed by atoms with Crippen LogP contribution in [0.4, 0.5) is 0 Å².